The Labute approximate surface area is 142 Å². The second-order valence-corrected chi connectivity index (χ2v) is 5.40. The molecule has 0 saturated heterocycles. The first-order valence-corrected chi connectivity index (χ1v) is 7.53. The lowest BCUT2D eigenvalue weighted by molar-refractivity contribution is 0.0474. The molecule has 0 atom stereocenters. The zero-order chi connectivity index (χ0) is 16.8. The first-order valence-electron chi connectivity index (χ1n) is 6.73. The highest BCUT2D eigenvalue weighted by Crippen LogP contribution is 2.27. The van der Waals surface area contributed by atoms with Gasteiger partial charge in [-0.15, -0.1) is 0 Å². The quantitative estimate of drug-likeness (QED) is 0.568. The van der Waals surface area contributed by atoms with E-state index in [1.54, 1.807) is 42.5 Å². The molecule has 2 aromatic carbocycles. The minimum absolute atomic E-state index is 0.327. The molecule has 0 aromatic heterocycles. The van der Waals surface area contributed by atoms with Crippen LogP contribution < -0.4 is 9.47 Å². The van der Waals surface area contributed by atoms with Gasteiger partial charge in [0.1, 0.15) is 0 Å². The molecule has 0 spiro atoms. The van der Waals surface area contributed by atoms with Crippen LogP contribution in [-0.4, -0.2) is 32.6 Å². The summed E-state index contributed by atoms with van der Waals surface area (Å²) in [5, 5.41) is 0. The third-order valence-electron chi connectivity index (χ3n) is 3.13. The lowest BCUT2D eigenvalue weighted by Gasteiger charge is -2.09. The van der Waals surface area contributed by atoms with Crippen molar-refractivity contribution in [2.24, 2.45) is 0 Å². The van der Waals surface area contributed by atoms with Gasteiger partial charge >= 0.3 is 5.97 Å². The van der Waals surface area contributed by atoms with Crippen LogP contribution in [0.1, 0.15) is 20.7 Å². The van der Waals surface area contributed by atoms with Gasteiger partial charge in [-0.3, -0.25) is 4.79 Å². The molecule has 5 nitrogen and oxygen atoms in total. The summed E-state index contributed by atoms with van der Waals surface area (Å²) in [6.07, 6.45) is 0. The van der Waals surface area contributed by atoms with Crippen molar-refractivity contribution in [1.82, 2.24) is 0 Å². The normalized spacial score (nSPS) is 10.0. The van der Waals surface area contributed by atoms with Gasteiger partial charge in [0.2, 0.25) is 0 Å². The Morgan fingerprint density at radius 3 is 2.35 bits per heavy atom. The van der Waals surface area contributed by atoms with Gasteiger partial charge in [0.05, 0.1) is 19.8 Å². The molecule has 0 aliphatic carbocycles. The Kier molecular flexibility index (Phi) is 5.76. The number of esters is 1. The fourth-order valence-corrected chi connectivity index (χ4v) is 2.38. The molecule has 0 amide bonds. The third kappa shape index (κ3) is 4.10. The van der Waals surface area contributed by atoms with Crippen molar-refractivity contribution in [3.8, 4) is 11.5 Å². The van der Waals surface area contributed by atoms with Crippen LogP contribution in [-0.2, 0) is 4.74 Å². The zero-order valence-corrected chi connectivity index (χ0v) is 14.3. The van der Waals surface area contributed by atoms with Crippen LogP contribution in [0.25, 0.3) is 0 Å². The average molecular weight is 379 g/mol. The SMILES string of the molecule is COc1ccc(C(=O)COC(=O)c2ccccc2Br)cc1OC. The van der Waals surface area contributed by atoms with Crippen LogP contribution in [0.5, 0.6) is 11.5 Å². The molecule has 2 rings (SSSR count). The maximum atomic E-state index is 12.1. The molecule has 0 bridgehead atoms. The number of carbonyl (C=O) groups excluding carboxylic acids is 2. The van der Waals surface area contributed by atoms with Gasteiger partial charge in [-0.25, -0.2) is 4.79 Å². The number of halogens is 1. The number of methoxy groups -OCH3 is 2. The number of Topliss-reactive ketones (excluding diaryl/α,β-unsaturated/α-hetero) is 1. The lowest BCUT2D eigenvalue weighted by Crippen LogP contribution is -2.14. The predicted molar refractivity (Wildman–Crippen MR) is 88.3 cm³/mol. The van der Waals surface area contributed by atoms with Crippen molar-refractivity contribution >= 4 is 27.7 Å². The van der Waals surface area contributed by atoms with Crippen LogP contribution >= 0.6 is 15.9 Å². The number of ether oxygens (including phenoxy) is 3. The van der Waals surface area contributed by atoms with Gasteiger partial charge in [0, 0.05) is 10.0 Å². The Hall–Kier alpha value is -2.34. The van der Waals surface area contributed by atoms with E-state index in [9.17, 15) is 9.59 Å². The van der Waals surface area contributed by atoms with E-state index in [1.165, 1.54) is 14.2 Å². The predicted octanol–water partition coefficient (Wildman–Crippen LogP) is 3.51. The summed E-state index contributed by atoms with van der Waals surface area (Å²) >= 11 is 3.27. The molecular formula is C17H15BrO5. The van der Waals surface area contributed by atoms with Gasteiger partial charge in [0.15, 0.2) is 23.9 Å². The second-order valence-electron chi connectivity index (χ2n) is 4.55. The maximum Gasteiger partial charge on any atom is 0.339 e. The summed E-state index contributed by atoms with van der Waals surface area (Å²) in [5.41, 5.74) is 0.746. The van der Waals surface area contributed by atoms with Crippen molar-refractivity contribution in [3.63, 3.8) is 0 Å². The van der Waals surface area contributed by atoms with Crippen LogP contribution in [0, 0.1) is 0 Å². The average Bonchev–Trinajstić information content (AvgIpc) is 2.59. The lowest BCUT2D eigenvalue weighted by atomic mass is 10.1. The summed E-state index contributed by atoms with van der Waals surface area (Å²) in [4.78, 5) is 24.1. The number of hydrogen-bond acceptors (Lipinski definition) is 5. The summed E-state index contributed by atoms with van der Waals surface area (Å²) in [7, 11) is 3.00. The van der Waals surface area contributed by atoms with E-state index in [4.69, 9.17) is 14.2 Å². The molecule has 23 heavy (non-hydrogen) atoms. The highest BCUT2D eigenvalue weighted by molar-refractivity contribution is 9.10. The van der Waals surface area contributed by atoms with E-state index in [2.05, 4.69) is 15.9 Å². The Morgan fingerprint density at radius 1 is 1.00 bits per heavy atom. The molecule has 0 radical (unpaired) electrons. The Bertz CT molecular complexity index is 727. The van der Waals surface area contributed by atoms with Gasteiger partial charge in [-0.2, -0.15) is 0 Å². The molecule has 120 valence electrons. The number of carbonyl (C=O) groups is 2. The summed E-state index contributed by atoms with van der Waals surface area (Å²) in [6, 6.07) is 11.6. The summed E-state index contributed by atoms with van der Waals surface area (Å²) < 4.78 is 15.9. The van der Waals surface area contributed by atoms with Gasteiger partial charge in [-0.1, -0.05) is 12.1 Å². The van der Waals surface area contributed by atoms with Crippen molar-refractivity contribution in [2.75, 3.05) is 20.8 Å². The first-order chi connectivity index (χ1) is 11.1. The molecule has 0 saturated carbocycles. The third-order valence-corrected chi connectivity index (χ3v) is 3.83. The molecule has 0 aliphatic rings. The summed E-state index contributed by atoms with van der Waals surface area (Å²) in [6.45, 7) is -0.352. The Balaban J connectivity index is 2.05. The summed E-state index contributed by atoms with van der Waals surface area (Å²) in [5.74, 6) is 0.0717. The molecule has 0 fully saturated rings. The van der Waals surface area contributed by atoms with E-state index in [1.807, 2.05) is 0 Å². The number of hydrogen-bond donors (Lipinski definition) is 0. The van der Waals surface area contributed by atoms with Crippen LogP contribution in [0.3, 0.4) is 0 Å². The zero-order valence-electron chi connectivity index (χ0n) is 12.7. The molecule has 2 aromatic rings. The highest BCUT2D eigenvalue weighted by Gasteiger charge is 2.15. The Morgan fingerprint density at radius 2 is 1.70 bits per heavy atom. The number of rotatable bonds is 6. The number of ketones is 1. The van der Waals surface area contributed by atoms with E-state index < -0.39 is 5.97 Å². The van der Waals surface area contributed by atoms with Gasteiger partial charge < -0.3 is 14.2 Å². The molecule has 0 aliphatic heterocycles. The fraction of sp³-hybridized carbons (Fsp3) is 0.176. The largest absolute Gasteiger partial charge is 0.493 e. The first kappa shape index (κ1) is 17.0. The van der Waals surface area contributed by atoms with E-state index in [0.717, 1.165) is 0 Å². The minimum Gasteiger partial charge on any atom is -0.493 e. The van der Waals surface area contributed by atoms with Gasteiger partial charge in [0.25, 0.3) is 0 Å². The van der Waals surface area contributed by atoms with Crippen molar-refractivity contribution in [2.45, 2.75) is 0 Å². The van der Waals surface area contributed by atoms with Crippen LogP contribution in [0.15, 0.2) is 46.9 Å². The second kappa shape index (κ2) is 7.78. The fourth-order valence-electron chi connectivity index (χ4n) is 1.93. The molecular weight excluding hydrogens is 364 g/mol. The topological polar surface area (TPSA) is 61.8 Å². The van der Waals surface area contributed by atoms with Crippen molar-refractivity contribution in [3.05, 3.63) is 58.1 Å². The van der Waals surface area contributed by atoms with E-state index >= 15 is 0 Å². The number of benzene rings is 2. The smallest absolute Gasteiger partial charge is 0.339 e. The molecule has 0 N–H and O–H groups in total. The monoisotopic (exact) mass is 378 g/mol. The molecule has 6 heteroatoms. The van der Waals surface area contributed by atoms with Gasteiger partial charge in [-0.05, 0) is 46.3 Å². The highest BCUT2D eigenvalue weighted by atomic mass is 79.9. The molecule has 0 heterocycles. The van der Waals surface area contributed by atoms with E-state index in [-0.39, 0.29) is 12.4 Å². The van der Waals surface area contributed by atoms with Crippen molar-refractivity contribution < 1.29 is 23.8 Å². The van der Waals surface area contributed by atoms with Crippen LogP contribution in [0.2, 0.25) is 0 Å². The minimum atomic E-state index is -0.564. The van der Waals surface area contributed by atoms with Crippen LogP contribution in [0.4, 0.5) is 0 Å². The van der Waals surface area contributed by atoms with E-state index in [0.29, 0.717) is 27.1 Å². The standard InChI is InChI=1S/C17H15BrO5/c1-21-15-8-7-11(9-16(15)22-2)14(19)10-23-17(20)12-5-3-4-6-13(12)18/h3-9H,10H2,1-2H3. The van der Waals surface area contributed by atoms with Crippen molar-refractivity contribution in [1.29, 1.82) is 0 Å². The maximum absolute atomic E-state index is 12.1. The molecule has 0 unspecified atom stereocenters.